The lowest BCUT2D eigenvalue weighted by atomic mass is 10.1. The summed E-state index contributed by atoms with van der Waals surface area (Å²) in [5.41, 5.74) is 4.16. The van der Waals surface area contributed by atoms with Crippen molar-refractivity contribution in [2.75, 3.05) is 45.2 Å². The van der Waals surface area contributed by atoms with E-state index in [1.54, 1.807) is 0 Å². The Kier molecular flexibility index (Phi) is 4.61. The molecule has 0 atom stereocenters. The molecule has 0 bridgehead atoms. The fraction of sp³-hybridized carbons (Fsp3) is 0.600. The molecule has 0 unspecified atom stereocenters. The van der Waals surface area contributed by atoms with E-state index in [0.717, 1.165) is 19.6 Å². The van der Waals surface area contributed by atoms with Gasteiger partial charge in [0.1, 0.15) is 0 Å². The average Bonchev–Trinajstić information content (AvgIpc) is 2.57. The lowest BCUT2D eigenvalue weighted by Crippen LogP contribution is -2.28. The first-order valence-corrected chi connectivity index (χ1v) is 6.88. The van der Waals surface area contributed by atoms with E-state index in [0.29, 0.717) is 0 Å². The van der Waals surface area contributed by atoms with E-state index in [4.69, 9.17) is 0 Å². The SMILES string of the molecule is CNCc1ccc(N2CCCN(C)CC2)cc1C. The van der Waals surface area contributed by atoms with Gasteiger partial charge < -0.3 is 15.1 Å². The van der Waals surface area contributed by atoms with Gasteiger partial charge in [-0.1, -0.05) is 6.07 Å². The van der Waals surface area contributed by atoms with Crippen LogP contribution in [-0.2, 0) is 6.54 Å². The zero-order valence-corrected chi connectivity index (χ0v) is 11.9. The number of hydrogen-bond acceptors (Lipinski definition) is 3. The van der Waals surface area contributed by atoms with E-state index < -0.39 is 0 Å². The van der Waals surface area contributed by atoms with Crippen LogP contribution < -0.4 is 10.2 Å². The molecule has 0 spiro atoms. The second-order valence-electron chi connectivity index (χ2n) is 5.28. The van der Waals surface area contributed by atoms with Crippen LogP contribution >= 0.6 is 0 Å². The van der Waals surface area contributed by atoms with Gasteiger partial charge in [0.25, 0.3) is 0 Å². The summed E-state index contributed by atoms with van der Waals surface area (Å²) < 4.78 is 0. The van der Waals surface area contributed by atoms with Crippen LogP contribution in [-0.4, -0.2) is 45.2 Å². The van der Waals surface area contributed by atoms with Gasteiger partial charge in [-0.2, -0.15) is 0 Å². The highest BCUT2D eigenvalue weighted by Gasteiger charge is 2.13. The Morgan fingerprint density at radius 2 is 2.00 bits per heavy atom. The zero-order chi connectivity index (χ0) is 13.0. The topological polar surface area (TPSA) is 18.5 Å². The van der Waals surface area contributed by atoms with Crippen LogP contribution in [0.2, 0.25) is 0 Å². The van der Waals surface area contributed by atoms with Crippen molar-refractivity contribution in [1.29, 1.82) is 0 Å². The lowest BCUT2D eigenvalue weighted by Gasteiger charge is -2.24. The maximum Gasteiger partial charge on any atom is 0.0369 e. The molecule has 1 saturated heterocycles. The van der Waals surface area contributed by atoms with Crippen molar-refractivity contribution < 1.29 is 0 Å². The summed E-state index contributed by atoms with van der Waals surface area (Å²) in [6.45, 7) is 7.86. The lowest BCUT2D eigenvalue weighted by molar-refractivity contribution is 0.360. The molecule has 100 valence electrons. The van der Waals surface area contributed by atoms with E-state index in [2.05, 4.69) is 47.3 Å². The second-order valence-corrected chi connectivity index (χ2v) is 5.28. The summed E-state index contributed by atoms with van der Waals surface area (Å²) in [6, 6.07) is 6.86. The van der Waals surface area contributed by atoms with Crippen molar-refractivity contribution in [3.8, 4) is 0 Å². The quantitative estimate of drug-likeness (QED) is 0.879. The molecular weight excluding hydrogens is 222 g/mol. The molecule has 3 nitrogen and oxygen atoms in total. The number of likely N-dealkylation sites (N-methyl/N-ethyl adjacent to an activating group) is 1. The Balaban J connectivity index is 2.10. The zero-order valence-electron chi connectivity index (χ0n) is 11.9. The third kappa shape index (κ3) is 3.24. The first-order valence-electron chi connectivity index (χ1n) is 6.88. The molecule has 18 heavy (non-hydrogen) atoms. The third-order valence-corrected chi connectivity index (χ3v) is 3.78. The van der Waals surface area contributed by atoms with Gasteiger partial charge in [0.05, 0.1) is 0 Å². The van der Waals surface area contributed by atoms with E-state index in [1.165, 1.54) is 36.3 Å². The Hall–Kier alpha value is -1.06. The number of benzene rings is 1. The van der Waals surface area contributed by atoms with Gasteiger partial charge in [-0.05, 0) is 57.2 Å². The molecule has 3 heteroatoms. The van der Waals surface area contributed by atoms with Gasteiger partial charge in [-0.15, -0.1) is 0 Å². The molecule has 0 aromatic heterocycles. The fourth-order valence-corrected chi connectivity index (χ4v) is 2.57. The normalized spacial score (nSPS) is 17.8. The van der Waals surface area contributed by atoms with E-state index in [1.807, 2.05) is 7.05 Å². The maximum atomic E-state index is 3.22. The minimum Gasteiger partial charge on any atom is -0.370 e. The maximum absolute atomic E-state index is 3.22. The third-order valence-electron chi connectivity index (χ3n) is 3.78. The summed E-state index contributed by atoms with van der Waals surface area (Å²) in [5, 5.41) is 3.22. The standard InChI is InChI=1S/C15H25N3/c1-13-11-15(6-5-14(13)12-16-2)18-8-4-7-17(3)9-10-18/h5-6,11,16H,4,7-10,12H2,1-3H3. The van der Waals surface area contributed by atoms with Crippen LogP contribution in [0.15, 0.2) is 18.2 Å². The first kappa shape index (κ1) is 13.4. The first-order chi connectivity index (χ1) is 8.70. The number of hydrogen-bond donors (Lipinski definition) is 1. The largest absolute Gasteiger partial charge is 0.370 e. The van der Waals surface area contributed by atoms with Crippen LogP contribution in [0.1, 0.15) is 17.5 Å². The smallest absolute Gasteiger partial charge is 0.0369 e. The molecule has 1 aliphatic rings. The Labute approximate surface area is 111 Å². The molecule has 0 radical (unpaired) electrons. The summed E-state index contributed by atoms with van der Waals surface area (Å²) in [6.07, 6.45) is 1.26. The van der Waals surface area contributed by atoms with Crippen molar-refractivity contribution in [3.05, 3.63) is 29.3 Å². The minimum absolute atomic E-state index is 0.953. The predicted octanol–water partition coefficient (Wildman–Crippen LogP) is 1.86. The molecule has 1 aromatic rings. The van der Waals surface area contributed by atoms with E-state index >= 15 is 0 Å². The van der Waals surface area contributed by atoms with Crippen LogP contribution in [0.4, 0.5) is 5.69 Å². The van der Waals surface area contributed by atoms with Crippen molar-refractivity contribution in [2.24, 2.45) is 0 Å². The molecule has 1 N–H and O–H groups in total. The highest BCUT2D eigenvalue weighted by atomic mass is 15.2. The van der Waals surface area contributed by atoms with E-state index in [9.17, 15) is 0 Å². The van der Waals surface area contributed by atoms with Crippen LogP contribution in [0, 0.1) is 6.92 Å². The Morgan fingerprint density at radius 1 is 1.17 bits per heavy atom. The molecular formula is C15H25N3. The summed E-state index contributed by atoms with van der Waals surface area (Å²) >= 11 is 0. The Morgan fingerprint density at radius 3 is 2.72 bits per heavy atom. The molecule has 2 rings (SSSR count). The van der Waals surface area contributed by atoms with E-state index in [-0.39, 0.29) is 0 Å². The summed E-state index contributed by atoms with van der Waals surface area (Å²) in [5.74, 6) is 0. The molecule has 0 saturated carbocycles. The van der Waals surface area contributed by atoms with Crippen LogP contribution in [0.3, 0.4) is 0 Å². The number of nitrogens with one attached hydrogen (secondary N) is 1. The monoisotopic (exact) mass is 247 g/mol. The van der Waals surface area contributed by atoms with Gasteiger partial charge in [0.2, 0.25) is 0 Å². The fourth-order valence-electron chi connectivity index (χ4n) is 2.57. The van der Waals surface area contributed by atoms with Gasteiger partial charge in [-0.25, -0.2) is 0 Å². The van der Waals surface area contributed by atoms with Crippen LogP contribution in [0.25, 0.3) is 0 Å². The summed E-state index contributed by atoms with van der Waals surface area (Å²) in [7, 11) is 4.21. The van der Waals surface area contributed by atoms with Crippen molar-refractivity contribution in [3.63, 3.8) is 0 Å². The molecule has 1 aromatic carbocycles. The van der Waals surface area contributed by atoms with Crippen molar-refractivity contribution in [1.82, 2.24) is 10.2 Å². The number of rotatable bonds is 3. The van der Waals surface area contributed by atoms with Gasteiger partial charge >= 0.3 is 0 Å². The van der Waals surface area contributed by atoms with Gasteiger partial charge in [0.15, 0.2) is 0 Å². The van der Waals surface area contributed by atoms with Crippen LogP contribution in [0.5, 0.6) is 0 Å². The van der Waals surface area contributed by atoms with Gasteiger partial charge in [0, 0.05) is 31.9 Å². The highest BCUT2D eigenvalue weighted by Crippen LogP contribution is 2.20. The Bertz CT molecular complexity index is 389. The molecule has 1 fully saturated rings. The highest BCUT2D eigenvalue weighted by molar-refractivity contribution is 5.51. The van der Waals surface area contributed by atoms with Gasteiger partial charge in [-0.3, -0.25) is 0 Å². The molecule has 1 aliphatic heterocycles. The number of aryl methyl sites for hydroxylation is 1. The predicted molar refractivity (Wildman–Crippen MR) is 78.3 cm³/mol. The minimum atomic E-state index is 0.953. The van der Waals surface area contributed by atoms with Crippen molar-refractivity contribution in [2.45, 2.75) is 19.9 Å². The summed E-state index contributed by atoms with van der Waals surface area (Å²) in [4.78, 5) is 4.93. The average molecular weight is 247 g/mol. The molecule has 0 amide bonds. The second kappa shape index (κ2) is 6.21. The molecule has 1 heterocycles. The molecule has 0 aliphatic carbocycles. The van der Waals surface area contributed by atoms with Crippen molar-refractivity contribution >= 4 is 5.69 Å². The number of anilines is 1. The number of nitrogens with zero attached hydrogens (tertiary/aromatic N) is 2.